The second-order valence-electron chi connectivity index (χ2n) is 12.6. The quantitative estimate of drug-likeness (QED) is 0.0755. The number of carbonyl (C=O) groups is 3. The zero-order chi connectivity index (χ0) is 40.3. The molecule has 1 N–H and O–H groups in total. The first-order valence-electron chi connectivity index (χ1n) is 18.5. The molecule has 288 valence electrons. The smallest absolute Gasteiger partial charge is 0.341 e. The molecule has 0 aliphatic carbocycles. The van der Waals surface area contributed by atoms with Crippen molar-refractivity contribution < 1.29 is 29.0 Å². The highest BCUT2D eigenvalue weighted by Gasteiger charge is 2.20. The number of benzene rings is 4. The van der Waals surface area contributed by atoms with Gasteiger partial charge in [0.25, 0.3) is 0 Å². The average molecular weight is 782 g/mol. The van der Waals surface area contributed by atoms with Gasteiger partial charge < -0.3 is 14.6 Å². The van der Waals surface area contributed by atoms with Gasteiger partial charge >= 0.3 is 11.9 Å². The van der Waals surface area contributed by atoms with Crippen LogP contribution in [-0.2, 0) is 20.7 Å². The van der Waals surface area contributed by atoms with E-state index in [1.54, 1.807) is 19.9 Å². The van der Waals surface area contributed by atoms with E-state index >= 15 is 0 Å². The third-order valence-corrected chi connectivity index (χ3v) is 8.99. The molecule has 5 heterocycles. The van der Waals surface area contributed by atoms with Crippen molar-refractivity contribution in [2.24, 2.45) is 4.99 Å². The first-order chi connectivity index (χ1) is 27.8. The van der Waals surface area contributed by atoms with Gasteiger partial charge in [0.2, 0.25) is 0 Å². The fraction of sp³-hybridized carbons (Fsp3) is 0.178. The minimum absolute atomic E-state index is 0.191. The summed E-state index contributed by atoms with van der Waals surface area (Å²) in [7, 11) is 0. The number of para-hydroxylation sites is 5. The Morgan fingerprint density at radius 3 is 2.02 bits per heavy atom. The standard InChI is InChI=1S/C21H15N3O2.C12H13NO2.C10H6ClNO.C2H6O/c1-2-26-21(25)15-12-14-11-13-7-3-4-8-16(13)22-19(14)24-18-10-6-5-9-17(18)23-20(15)24;1-2-15-12(14)8-10-7-9-5-3-4-6-11(9)13-10;11-10-8(6-13)5-7-3-1-2-4-9(7)12-10;1-2-3/h3-12H,2H2,1H3;3-6H,2,7-8H2,1H3;1-6H;3H,2H2,1H3. The van der Waals surface area contributed by atoms with Crippen LogP contribution in [-0.4, -0.2) is 68.2 Å². The van der Waals surface area contributed by atoms with Crippen molar-refractivity contribution in [3.63, 3.8) is 0 Å². The van der Waals surface area contributed by atoms with Crippen molar-refractivity contribution >= 4 is 90.7 Å². The summed E-state index contributed by atoms with van der Waals surface area (Å²) in [6.45, 7) is 6.29. The van der Waals surface area contributed by atoms with E-state index in [4.69, 9.17) is 31.2 Å². The summed E-state index contributed by atoms with van der Waals surface area (Å²) in [5, 5.41) is 10.7. The Labute approximate surface area is 333 Å². The molecule has 1 aliphatic rings. The molecule has 0 radical (unpaired) electrons. The molecule has 12 heteroatoms. The minimum Gasteiger partial charge on any atom is -0.466 e. The number of imidazole rings is 1. The maximum atomic E-state index is 12.5. The number of aliphatic hydroxyl groups is 1. The summed E-state index contributed by atoms with van der Waals surface area (Å²) in [5.41, 5.74) is 8.75. The Bertz CT molecular complexity index is 2760. The maximum absolute atomic E-state index is 12.5. The van der Waals surface area contributed by atoms with Gasteiger partial charge in [-0.3, -0.25) is 19.0 Å². The van der Waals surface area contributed by atoms with Gasteiger partial charge in [-0.2, -0.15) is 0 Å². The topological polar surface area (TPSA) is 145 Å². The summed E-state index contributed by atoms with van der Waals surface area (Å²) in [5.74, 6) is -0.563. The zero-order valence-corrected chi connectivity index (χ0v) is 32.4. The third kappa shape index (κ3) is 9.29. The number of hydrogen-bond donors (Lipinski definition) is 1. The van der Waals surface area contributed by atoms with Crippen LogP contribution >= 0.6 is 11.6 Å². The lowest BCUT2D eigenvalue weighted by molar-refractivity contribution is -0.141. The van der Waals surface area contributed by atoms with Gasteiger partial charge in [-0.1, -0.05) is 78.3 Å². The van der Waals surface area contributed by atoms with Crippen LogP contribution in [0.4, 0.5) is 5.69 Å². The molecular weight excluding hydrogens is 742 g/mol. The van der Waals surface area contributed by atoms with E-state index in [-0.39, 0.29) is 23.7 Å². The summed E-state index contributed by atoms with van der Waals surface area (Å²) in [4.78, 5) is 52.3. The van der Waals surface area contributed by atoms with E-state index in [1.807, 2.05) is 114 Å². The number of esters is 2. The van der Waals surface area contributed by atoms with E-state index in [0.717, 1.165) is 61.7 Å². The molecule has 57 heavy (non-hydrogen) atoms. The Morgan fingerprint density at radius 2 is 1.33 bits per heavy atom. The molecule has 0 saturated carbocycles. The Kier molecular flexibility index (Phi) is 13.3. The molecule has 1 aliphatic heterocycles. The van der Waals surface area contributed by atoms with Gasteiger partial charge in [0, 0.05) is 34.9 Å². The molecule has 0 amide bonds. The molecule has 11 nitrogen and oxygen atoms in total. The number of pyridine rings is 3. The summed E-state index contributed by atoms with van der Waals surface area (Å²) in [6.07, 6.45) is 1.79. The van der Waals surface area contributed by atoms with Crippen LogP contribution in [0.1, 0.15) is 53.5 Å². The van der Waals surface area contributed by atoms with Crippen molar-refractivity contribution in [2.45, 2.75) is 33.6 Å². The molecule has 4 aromatic heterocycles. The van der Waals surface area contributed by atoms with Crippen LogP contribution in [0.15, 0.2) is 120 Å². The molecule has 9 rings (SSSR count). The van der Waals surface area contributed by atoms with Gasteiger partial charge in [0.1, 0.15) is 16.4 Å². The van der Waals surface area contributed by atoms with Crippen molar-refractivity contribution in [1.82, 2.24) is 19.4 Å². The predicted molar refractivity (Wildman–Crippen MR) is 225 cm³/mol. The Hall–Kier alpha value is -6.56. The fourth-order valence-corrected chi connectivity index (χ4v) is 6.47. The molecule has 0 unspecified atom stereocenters. The largest absolute Gasteiger partial charge is 0.466 e. The van der Waals surface area contributed by atoms with Crippen LogP contribution in [0, 0.1) is 0 Å². The van der Waals surface area contributed by atoms with Crippen molar-refractivity contribution in [2.75, 3.05) is 19.8 Å². The van der Waals surface area contributed by atoms with E-state index in [9.17, 15) is 14.4 Å². The predicted octanol–water partition coefficient (Wildman–Crippen LogP) is 9.33. The maximum Gasteiger partial charge on any atom is 0.341 e. The SMILES string of the molecule is CCO.CCOC(=O)CC1=Nc2ccccc2C1.CCOC(=O)c1cc2cc3ccccc3nc2n2c1nc1ccccc12.O=Cc1cc2ccccc2nc1Cl. The van der Waals surface area contributed by atoms with Crippen LogP contribution in [0.2, 0.25) is 5.15 Å². The third-order valence-electron chi connectivity index (χ3n) is 8.69. The highest BCUT2D eigenvalue weighted by atomic mass is 35.5. The van der Waals surface area contributed by atoms with E-state index in [0.29, 0.717) is 42.7 Å². The molecule has 0 fully saturated rings. The molecular formula is C45H40ClN5O6. The number of rotatable bonds is 6. The van der Waals surface area contributed by atoms with Crippen LogP contribution in [0.25, 0.3) is 49.5 Å². The number of aromatic nitrogens is 4. The monoisotopic (exact) mass is 781 g/mol. The molecule has 4 aromatic carbocycles. The lowest BCUT2D eigenvalue weighted by Crippen LogP contribution is -2.10. The highest BCUT2D eigenvalue weighted by molar-refractivity contribution is 6.32. The lowest BCUT2D eigenvalue weighted by atomic mass is 10.1. The molecule has 0 bridgehead atoms. The second kappa shape index (κ2) is 18.9. The zero-order valence-electron chi connectivity index (χ0n) is 31.7. The number of carbonyl (C=O) groups excluding carboxylic acids is 3. The second-order valence-corrected chi connectivity index (χ2v) is 13.0. The summed E-state index contributed by atoms with van der Waals surface area (Å²) < 4.78 is 12.1. The summed E-state index contributed by atoms with van der Waals surface area (Å²) >= 11 is 5.76. The number of ether oxygens (including phenoxy) is 2. The van der Waals surface area contributed by atoms with Gasteiger partial charge in [-0.15, -0.1) is 0 Å². The van der Waals surface area contributed by atoms with E-state index in [1.165, 1.54) is 5.56 Å². The first-order valence-corrected chi connectivity index (χ1v) is 18.8. The molecule has 0 spiro atoms. The molecule has 0 atom stereocenters. The highest BCUT2D eigenvalue weighted by Crippen LogP contribution is 2.29. The van der Waals surface area contributed by atoms with Crippen LogP contribution < -0.4 is 0 Å². The molecule has 0 saturated heterocycles. The molecule has 8 aromatic rings. The number of aldehydes is 1. The van der Waals surface area contributed by atoms with Crippen LogP contribution in [0.5, 0.6) is 0 Å². The van der Waals surface area contributed by atoms with Gasteiger partial charge in [-0.05, 0) is 74.9 Å². The average Bonchev–Trinajstić information content (AvgIpc) is 3.82. The van der Waals surface area contributed by atoms with E-state index in [2.05, 4.69) is 21.0 Å². The number of fused-ring (bicyclic) bond motifs is 8. The number of nitrogens with zero attached hydrogens (tertiary/aromatic N) is 5. The van der Waals surface area contributed by atoms with Crippen LogP contribution in [0.3, 0.4) is 0 Å². The van der Waals surface area contributed by atoms with Crippen molar-refractivity contribution in [1.29, 1.82) is 0 Å². The number of aliphatic hydroxyl groups excluding tert-OH is 1. The number of aliphatic imine (C=N–C) groups is 1. The number of hydrogen-bond acceptors (Lipinski definition) is 10. The van der Waals surface area contributed by atoms with Gasteiger partial charge in [-0.25, -0.2) is 19.7 Å². The Balaban J connectivity index is 0.000000151. The Morgan fingerprint density at radius 1 is 0.737 bits per heavy atom. The van der Waals surface area contributed by atoms with Crippen molar-refractivity contribution in [3.8, 4) is 0 Å². The first kappa shape index (κ1) is 40.1. The normalized spacial score (nSPS) is 11.4. The van der Waals surface area contributed by atoms with Gasteiger partial charge in [0.15, 0.2) is 11.9 Å². The lowest BCUT2D eigenvalue weighted by Gasteiger charge is -2.09. The van der Waals surface area contributed by atoms with Gasteiger partial charge in [0.05, 0.1) is 53.0 Å². The minimum atomic E-state index is -0.372. The van der Waals surface area contributed by atoms with E-state index < -0.39 is 0 Å². The fourth-order valence-electron chi connectivity index (χ4n) is 6.28. The van der Waals surface area contributed by atoms with Crippen molar-refractivity contribution in [3.05, 3.63) is 137 Å². The summed E-state index contributed by atoms with van der Waals surface area (Å²) in [6, 6.07) is 36.8. The number of halogens is 1.